The Morgan fingerprint density at radius 2 is 2.35 bits per heavy atom. The summed E-state index contributed by atoms with van der Waals surface area (Å²) >= 11 is 1.80. The van der Waals surface area contributed by atoms with Crippen LogP contribution in [-0.2, 0) is 11.3 Å². The highest BCUT2D eigenvalue weighted by Crippen LogP contribution is 2.28. The first kappa shape index (κ1) is 14.5. The van der Waals surface area contributed by atoms with E-state index in [0.717, 1.165) is 32.3 Å². The van der Waals surface area contributed by atoms with Crippen molar-refractivity contribution in [1.29, 1.82) is 0 Å². The minimum absolute atomic E-state index is 0.432. The second-order valence-electron chi connectivity index (χ2n) is 6.13. The molecule has 1 aromatic rings. The number of rotatable bonds is 8. The largest absolute Gasteiger partial charge is 0.377 e. The van der Waals surface area contributed by atoms with Crippen LogP contribution in [0.25, 0.3) is 0 Å². The van der Waals surface area contributed by atoms with Gasteiger partial charge in [0.25, 0.3) is 0 Å². The van der Waals surface area contributed by atoms with E-state index < -0.39 is 0 Å². The predicted octanol–water partition coefficient (Wildman–Crippen LogP) is 2.87. The van der Waals surface area contributed by atoms with E-state index in [1.165, 1.54) is 31.2 Å². The molecule has 1 N–H and O–H groups in total. The average Bonchev–Trinajstić information content (AvgIpc) is 2.94. The SMILES string of the molecule is CC(NCCN(Cc1ccsc1)C1CC1)C1CCCO1. The van der Waals surface area contributed by atoms with Crippen molar-refractivity contribution < 1.29 is 4.74 Å². The summed E-state index contributed by atoms with van der Waals surface area (Å²) in [5, 5.41) is 8.11. The summed E-state index contributed by atoms with van der Waals surface area (Å²) in [6, 6.07) is 3.57. The van der Waals surface area contributed by atoms with Gasteiger partial charge in [-0.2, -0.15) is 11.3 Å². The molecule has 0 aromatic carbocycles. The lowest BCUT2D eigenvalue weighted by molar-refractivity contribution is 0.0824. The molecule has 1 aliphatic carbocycles. The zero-order valence-electron chi connectivity index (χ0n) is 12.4. The van der Waals surface area contributed by atoms with Gasteiger partial charge in [0.2, 0.25) is 0 Å². The minimum atomic E-state index is 0.432. The molecule has 112 valence electrons. The van der Waals surface area contributed by atoms with Gasteiger partial charge in [-0.3, -0.25) is 4.90 Å². The van der Waals surface area contributed by atoms with Crippen molar-refractivity contribution in [3.8, 4) is 0 Å². The van der Waals surface area contributed by atoms with Gasteiger partial charge >= 0.3 is 0 Å². The fourth-order valence-electron chi connectivity index (χ4n) is 3.01. The van der Waals surface area contributed by atoms with Crippen molar-refractivity contribution in [2.75, 3.05) is 19.7 Å². The Balaban J connectivity index is 1.40. The van der Waals surface area contributed by atoms with Gasteiger partial charge in [0.15, 0.2) is 0 Å². The molecule has 0 radical (unpaired) electrons. The summed E-state index contributed by atoms with van der Waals surface area (Å²) in [5.74, 6) is 0. The molecule has 4 heteroatoms. The Labute approximate surface area is 126 Å². The fourth-order valence-corrected chi connectivity index (χ4v) is 3.67. The molecule has 2 heterocycles. The Bertz CT molecular complexity index is 385. The zero-order valence-corrected chi connectivity index (χ0v) is 13.2. The highest BCUT2D eigenvalue weighted by Gasteiger charge is 2.29. The van der Waals surface area contributed by atoms with Gasteiger partial charge in [-0.05, 0) is 55.0 Å². The molecule has 2 fully saturated rings. The standard InChI is InChI=1S/C16H26N2OS/c1-13(16-3-2-9-19-16)17-7-8-18(15-4-5-15)11-14-6-10-20-12-14/h6,10,12-13,15-17H,2-5,7-9,11H2,1H3. The Kier molecular flexibility index (Phi) is 5.10. The zero-order chi connectivity index (χ0) is 13.8. The maximum atomic E-state index is 5.74. The van der Waals surface area contributed by atoms with Crippen LogP contribution in [0.3, 0.4) is 0 Å². The van der Waals surface area contributed by atoms with Gasteiger partial charge in [0.1, 0.15) is 0 Å². The monoisotopic (exact) mass is 294 g/mol. The minimum Gasteiger partial charge on any atom is -0.377 e. The first-order chi connectivity index (χ1) is 9.83. The van der Waals surface area contributed by atoms with Gasteiger partial charge in [-0.25, -0.2) is 0 Å². The number of hydrogen-bond acceptors (Lipinski definition) is 4. The molecular formula is C16H26N2OS. The summed E-state index contributed by atoms with van der Waals surface area (Å²) in [6.07, 6.45) is 5.64. The molecule has 20 heavy (non-hydrogen) atoms. The number of hydrogen-bond donors (Lipinski definition) is 1. The van der Waals surface area contributed by atoms with Crippen molar-refractivity contribution >= 4 is 11.3 Å². The molecular weight excluding hydrogens is 268 g/mol. The molecule has 1 aromatic heterocycles. The van der Waals surface area contributed by atoms with Crippen LogP contribution < -0.4 is 5.32 Å². The molecule has 2 atom stereocenters. The molecule has 2 unspecified atom stereocenters. The summed E-state index contributed by atoms with van der Waals surface area (Å²) in [5.41, 5.74) is 1.47. The van der Waals surface area contributed by atoms with Gasteiger partial charge in [0, 0.05) is 38.3 Å². The maximum Gasteiger partial charge on any atom is 0.0726 e. The number of thiophene rings is 1. The molecule has 1 saturated carbocycles. The highest BCUT2D eigenvalue weighted by atomic mass is 32.1. The van der Waals surface area contributed by atoms with Crippen LogP contribution >= 0.6 is 11.3 Å². The van der Waals surface area contributed by atoms with Crippen LogP contribution in [0.15, 0.2) is 16.8 Å². The molecule has 1 aliphatic heterocycles. The first-order valence-corrected chi connectivity index (χ1v) is 8.87. The summed E-state index contributed by atoms with van der Waals surface area (Å²) < 4.78 is 5.74. The van der Waals surface area contributed by atoms with E-state index in [9.17, 15) is 0 Å². The molecule has 0 amide bonds. The summed E-state index contributed by atoms with van der Waals surface area (Å²) in [4.78, 5) is 2.64. The molecule has 0 bridgehead atoms. The topological polar surface area (TPSA) is 24.5 Å². The highest BCUT2D eigenvalue weighted by molar-refractivity contribution is 7.07. The molecule has 2 aliphatic rings. The van der Waals surface area contributed by atoms with E-state index >= 15 is 0 Å². The Hall–Kier alpha value is -0.420. The number of ether oxygens (including phenoxy) is 1. The van der Waals surface area contributed by atoms with Crippen molar-refractivity contribution in [2.24, 2.45) is 0 Å². The van der Waals surface area contributed by atoms with Gasteiger partial charge in [-0.1, -0.05) is 0 Å². The lowest BCUT2D eigenvalue weighted by atomic mass is 10.1. The van der Waals surface area contributed by atoms with Crippen LogP contribution in [0.1, 0.15) is 38.2 Å². The van der Waals surface area contributed by atoms with Crippen LogP contribution in [0.2, 0.25) is 0 Å². The van der Waals surface area contributed by atoms with Crippen LogP contribution in [0.5, 0.6) is 0 Å². The fraction of sp³-hybridized carbons (Fsp3) is 0.750. The van der Waals surface area contributed by atoms with Crippen LogP contribution in [-0.4, -0.2) is 42.8 Å². The lowest BCUT2D eigenvalue weighted by Crippen LogP contribution is -2.41. The number of nitrogens with zero attached hydrogens (tertiary/aromatic N) is 1. The van der Waals surface area contributed by atoms with E-state index in [1.807, 2.05) is 0 Å². The third-order valence-corrected chi connectivity index (χ3v) is 5.15. The average molecular weight is 294 g/mol. The second kappa shape index (κ2) is 7.03. The van der Waals surface area contributed by atoms with E-state index in [0.29, 0.717) is 12.1 Å². The smallest absolute Gasteiger partial charge is 0.0726 e. The Morgan fingerprint density at radius 1 is 1.45 bits per heavy atom. The van der Waals surface area contributed by atoms with E-state index in [4.69, 9.17) is 4.74 Å². The summed E-state index contributed by atoms with van der Waals surface area (Å²) in [7, 11) is 0. The van der Waals surface area contributed by atoms with E-state index in [-0.39, 0.29) is 0 Å². The van der Waals surface area contributed by atoms with Crippen molar-refractivity contribution in [1.82, 2.24) is 10.2 Å². The van der Waals surface area contributed by atoms with Crippen molar-refractivity contribution in [2.45, 2.75) is 57.3 Å². The van der Waals surface area contributed by atoms with Crippen LogP contribution in [0.4, 0.5) is 0 Å². The molecule has 3 rings (SSSR count). The lowest BCUT2D eigenvalue weighted by Gasteiger charge is -2.25. The third kappa shape index (κ3) is 4.04. The quantitative estimate of drug-likeness (QED) is 0.798. The molecule has 0 spiro atoms. The third-order valence-electron chi connectivity index (χ3n) is 4.42. The van der Waals surface area contributed by atoms with Gasteiger partial charge < -0.3 is 10.1 Å². The first-order valence-electron chi connectivity index (χ1n) is 7.93. The number of nitrogens with one attached hydrogen (secondary N) is 1. The van der Waals surface area contributed by atoms with Crippen molar-refractivity contribution in [3.05, 3.63) is 22.4 Å². The normalized spacial score (nSPS) is 24.4. The van der Waals surface area contributed by atoms with Crippen LogP contribution in [0, 0.1) is 0 Å². The van der Waals surface area contributed by atoms with Gasteiger partial charge in [-0.15, -0.1) is 0 Å². The van der Waals surface area contributed by atoms with E-state index in [2.05, 4.69) is 34.0 Å². The molecule has 3 nitrogen and oxygen atoms in total. The summed E-state index contributed by atoms with van der Waals surface area (Å²) in [6.45, 7) is 6.54. The molecule has 1 saturated heterocycles. The predicted molar refractivity (Wildman–Crippen MR) is 84.2 cm³/mol. The second-order valence-corrected chi connectivity index (χ2v) is 6.91. The van der Waals surface area contributed by atoms with Crippen molar-refractivity contribution in [3.63, 3.8) is 0 Å². The van der Waals surface area contributed by atoms with E-state index in [1.54, 1.807) is 11.3 Å². The van der Waals surface area contributed by atoms with Gasteiger partial charge in [0.05, 0.1) is 6.10 Å². The maximum absolute atomic E-state index is 5.74. The Morgan fingerprint density at radius 3 is 3.00 bits per heavy atom.